The van der Waals surface area contributed by atoms with Crippen molar-refractivity contribution in [1.82, 2.24) is 9.88 Å². The van der Waals surface area contributed by atoms with E-state index < -0.39 is 17.3 Å². The van der Waals surface area contributed by atoms with Crippen molar-refractivity contribution in [3.05, 3.63) is 88.7 Å². The standard InChI is InChI=1S/C29H28F3N3O/c1-19(2)34-12-14-35(15-13-34)25-9-6-20(7-10-25)21-8-11-27-23(16-21)18-26(28(36)33-27)22-4-3-5-24(17-22)29(30,31)32/h3-11,16-19H,12-15H2,1-2H3,(H,33,36). The highest BCUT2D eigenvalue weighted by Gasteiger charge is 2.30. The first-order valence-corrected chi connectivity index (χ1v) is 12.1. The molecule has 186 valence electrons. The molecule has 1 N–H and O–H groups in total. The van der Waals surface area contributed by atoms with Gasteiger partial charge in [-0.25, -0.2) is 0 Å². The number of nitrogens with one attached hydrogen (secondary N) is 1. The number of aromatic nitrogens is 1. The molecule has 2 heterocycles. The van der Waals surface area contributed by atoms with E-state index in [1.807, 2.05) is 18.2 Å². The van der Waals surface area contributed by atoms with E-state index in [1.54, 1.807) is 6.07 Å². The first kappa shape index (κ1) is 24.1. The number of piperazine rings is 1. The lowest BCUT2D eigenvalue weighted by Crippen LogP contribution is -2.48. The SMILES string of the molecule is CC(C)N1CCN(c2ccc(-c3ccc4[nH]c(=O)c(-c5cccc(C(F)(F)F)c5)cc4c3)cc2)CC1. The predicted octanol–water partition coefficient (Wildman–Crippen LogP) is 6.41. The fraction of sp³-hybridized carbons (Fsp3) is 0.276. The van der Waals surface area contributed by atoms with Crippen molar-refractivity contribution >= 4 is 16.6 Å². The summed E-state index contributed by atoms with van der Waals surface area (Å²) in [5.41, 5.74) is 3.09. The molecule has 1 aromatic heterocycles. The van der Waals surface area contributed by atoms with Gasteiger partial charge in [0.05, 0.1) is 5.56 Å². The zero-order valence-electron chi connectivity index (χ0n) is 20.3. The van der Waals surface area contributed by atoms with Crippen LogP contribution in [0, 0.1) is 0 Å². The molecule has 4 nitrogen and oxygen atoms in total. The zero-order chi connectivity index (χ0) is 25.4. The van der Waals surface area contributed by atoms with E-state index in [0.717, 1.165) is 54.8 Å². The molecule has 0 atom stereocenters. The molecule has 1 aliphatic rings. The summed E-state index contributed by atoms with van der Waals surface area (Å²) >= 11 is 0. The molecule has 1 fully saturated rings. The number of hydrogen-bond donors (Lipinski definition) is 1. The monoisotopic (exact) mass is 491 g/mol. The number of anilines is 1. The molecule has 3 aromatic carbocycles. The summed E-state index contributed by atoms with van der Waals surface area (Å²) < 4.78 is 39.5. The number of alkyl halides is 3. The summed E-state index contributed by atoms with van der Waals surface area (Å²) in [6, 6.07) is 21.3. The van der Waals surface area contributed by atoms with E-state index in [9.17, 15) is 18.0 Å². The number of H-pyrrole nitrogens is 1. The molecule has 0 amide bonds. The van der Waals surface area contributed by atoms with Gasteiger partial charge in [0, 0.05) is 49.0 Å². The van der Waals surface area contributed by atoms with E-state index in [4.69, 9.17) is 0 Å². The van der Waals surface area contributed by atoms with Crippen LogP contribution in [0.15, 0.2) is 77.6 Å². The first-order chi connectivity index (χ1) is 17.2. The molecule has 0 spiro atoms. The largest absolute Gasteiger partial charge is 0.416 e. The third-order valence-electron chi connectivity index (χ3n) is 6.96. The second-order valence-corrected chi connectivity index (χ2v) is 9.56. The quantitative estimate of drug-likeness (QED) is 0.359. The minimum Gasteiger partial charge on any atom is -0.369 e. The van der Waals surface area contributed by atoms with Crippen LogP contribution in [0.25, 0.3) is 33.2 Å². The Morgan fingerprint density at radius 2 is 1.50 bits per heavy atom. The second kappa shape index (κ2) is 9.47. The normalized spacial score (nSPS) is 15.1. The second-order valence-electron chi connectivity index (χ2n) is 9.56. The van der Waals surface area contributed by atoms with Gasteiger partial charge < -0.3 is 9.88 Å². The van der Waals surface area contributed by atoms with Crippen LogP contribution < -0.4 is 10.5 Å². The van der Waals surface area contributed by atoms with Crippen LogP contribution in [-0.4, -0.2) is 42.1 Å². The number of nitrogens with zero attached hydrogens (tertiary/aromatic N) is 2. The van der Waals surface area contributed by atoms with Gasteiger partial charge in [-0.15, -0.1) is 0 Å². The minimum absolute atomic E-state index is 0.210. The summed E-state index contributed by atoms with van der Waals surface area (Å²) in [4.78, 5) is 20.3. The third kappa shape index (κ3) is 4.88. The minimum atomic E-state index is -4.47. The molecule has 0 radical (unpaired) electrons. The Bertz CT molecular complexity index is 1430. The number of rotatable bonds is 4. The van der Waals surface area contributed by atoms with Gasteiger partial charge >= 0.3 is 6.18 Å². The van der Waals surface area contributed by atoms with E-state index >= 15 is 0 Å². The molecular weight excluding hydrogens is 463 g/mol. The molecule has 4 aromatic rings. The smallest absolute Gasteiger partial charge is 0.369 e. The van der Waals surface area contributed by atoms with Crippen molar-refractivity contribution in [1.29, 1.82) is 0 Å². The maximum atomic E-state index is 13.2. The van der Waals surface area contributed by atoms with Gasteiger partial charge in [-0.05, 0) is 78.4 Å². The summed E-state index contributed by atoms with van der Waals surface area (Å²) in [6.07, 6.45) is -4.47. The predicted molar refractivity (Wildman–Crippen MR) is 139 cm³/mol. The third-order valence-corrected chi connectivity index (χ3v) is 6.96. The summed E-state index contributed by atoms with van der Waals surface area (Å²) in [5, 5.41) is 0.758. The molecule has 7 heteroatoms. The molecule has 1 saturated heterocycles. The van der Waals surface area contributed by atoms with Crippen molar-refractivity contribution < 1.29 is 13.2 Å². The van der Waals surface area contributed by atoms with Gasteiger partial charge in [0.15, 0.2) is 0 Å². The van der Waals surface area contributed by atoms with Crippen molar-refractivity contribution in [3.8, 4) is 22.3 Å². The maximum absolute atomic E-state index is 13.2. The van der Waals surface area contributed by atoms with Crippen LogP contribution in [-0.2, 0) is 6.18 Å². The summed E-state index contributed by atoms with van der Waals surface area (Å²) in [7, 11) is 0. The van der Waals surface area contributed by atoms with Crippen LogP contribution >= 0.6 is 0 Å². The molecule has 1 aliphatic heterocycles. The van der Waals surface area contributed by atoms with E-state index in [1.165, 1.54) is 17.8 Å². The number of hydrogen-bond acceptors (Lipinski definition) is 3. The lowest BCUT2D eigenvalue weighted by Gasteiger charge is -2.38. The Balaban J connectivity index is 1.43. The van der Waals surface area contributed by atoms with Crippen LogP contribution in [0.3, 0.4) is 0 Å². The molecule has 0 saturated carbocycles. The van der Waals surface area contributed by atoms with Gasteiger partial charge in [0.1, 0.15) is 0 Å². The van der Waals surface area contributed by atoms with Crippen LogP contribution in [0.2, 0.25) is 0 Å². The highest BCUT2D eigenvalue weighted by atomic mass is 19.4. The van der Waals surface area contributed by atoms with E-state index in [-0.39, 0.29) is 11.1 Å². The van der Waals surface area contributed by atoms with E-state index in [2.05, 4.69) is 52.9 Å². The lowest BCUT2D eigenvalue weighted by atomic mass is 9.99. The van der Waals surface area contributed by atoms with Gasteiger partial charge in [-0.1, -0.05) is 30.3 Å². The fourth-order valence-electron chi connectivity index (χ4n) is 4.82. The summed E-state index contributed by atoms with van der Waals surface area (Å²) in [6.45, 7) is 8.56. The van der Waals surface area contributed by atoms with Crippen LogP contribution in [0.1, 0.15) is 19.4 Å². The molecule has 0 aliphatic carbocycles. The van der Waals surface area contributed by atoms with Crippen molar-refractivity contribution in [2.24, 2.45) is 0 Å². The average molecular weight is 492 g/mol. The van der Waals surface area contributed by atoms with Gasteiger partial charge in [0.25, 0.3) is 5.56 Å². The number of halogens is 3. The molecule has 36 heavy (non-hydrogen) atoms. The van der Waals surface area contributed by atoms with Gasteiger partial charge in [-0.2, -0.15) is 13.2 Å². The lowest BCUT2D eigenvalue weighted by molar-refractivity contribution is -0.137. The zero-order valence-corrected chi connectivity index (χ0v) is 20.3. The number of pyridine rings is 1. The Morgan fingerprint density at radius 3 is 2.17 bits per heavy atom. The Labute approximate surface area is 208 Å². The van der Waals surface area contributed by atoms with Gasteiger partial charge in [0.2, 0.25) is 0 Å². The Hall–Kier alpha value is -3.58. The van der Waals surface area contributed by atoms with E-state index in [0.29, 0.717) is 11.6 Å². The number of aromatic amines is 1. The Kier molecular flexibility index (Phi) is 6.35. The maximum Gasteiger partial charge on any atom is 0.416 e. The van der Waals surface area contributed by atoms with Crippen molar-refractivity contribution in [2.45, 2.75) is 26.1 Å². The fourth-order valence-corrected chi connectivity index (χ4v) is 4.82. The molecule has 0 bridgehead atoms. The van der Waals surface area contributed by atoms with Crippen molar-refractivity contribution in [3.63, 3.8) is 0 Å². The summed E-state index contributed by atoms with van der Waals surface area (Å²) in [5.74, 6) is 0. The van der Waals surface area contributed by atoms with Gasteiger partial charge in [-0.3, -0.25) is 9.69 Å². The highest BCUT2D eigenvalue weighted by molar-refractivity contribution is 5.88. The van der Waals surface area contributed by atoms with Crippen LogP contribution in [0.4, 0.5) is 18.9 Å². The highest BCUT2D eigenvalue weighted by Crippen LogP contribution is 2.32. The molecule has 5 rings (SSSR count). The topological polar surface area (TPSA) is 39.3 Å². The number of fused-ring (bicyclic) bond motifs is 1. The molecule has 0 unspecified atom stereocenters. The Morgan fingerprint density at radius 1 is 0.806 bits per heavy atom. The molecular formula is C29H28F3N3O. The van der Waals surface area contributed by atoms with Crippen molar-refractivity contribution in [2.75, 3.05) is 31.1 Å². The average Bonchev–Trinajstić information content (AvgIpc) is 2.88. The number of benzene rings is 3. The van der Waals surface area contributed by atoms with Crippen LogP contribution in [0.5, 0.6) is 0 Å². The first-order valence-electron chi connectivity index (χ1n) is 12.1.